The number of rotatable bonds is 5. The van der Waals surface area contributed by atoms with Crippen LogP contribution in [0.25, 0.3) is 0 Å². The minimum absolute atomic E-state index is 0.0236. The summed E-state index contributed by atoms with van der Waals surface area (Å²) in [6, 6.07) is 3.47. The Bertz CT molecular complexity index is 749. The van der Waals surface area contributed by atoms with Crippen LogP contribution in [0.1, 0.15) is 17.7 Å². The van der Waals surface area contributed by atoms with Crippen molar-refractivity contribution >= 4 is 12.1 Å². The molecule has 0 saturated carbocycles. The van der Waals surface area contributed by atoms with E-state index in [0.717, 1.165) is 5.56 Å². The lowest BCUT2D eigenvalue weighted by atomic mass is 10.2. The molecule has 2 heterocycles. The molecule has 0 aliphatic carbocycles. The van der Waals surface area contributed by atoms with Crippen molar-refractivity contribution in [2.75, 3.05) is 0 Å². The van der Waals surface area contributed by atoms with Crippen molar-refractivity contribution in [2.24, 2.45) is 5.10 Å². The Hall–Kier alpha value is -3.10. The van der Waals surface area contributed by atoms with Gasteiger partial charge in [-0.25, -0.2) is 15.3 Å². The number of carbonyl (C=O) groups excluding carboxylic acids is 1. The minimum atomic E-state index is -0.685. The summed E-state index contributed by atoms with van der Waals surface area (Å²) < 4.78 is 0. The van der Waals surface area contributed by atoms with Crippen LogP contribution >= 0.6 is 0 Å². The summed E-state index contributed by atoms with van der Waals surface area (Å²) in [5, 5.41) is 9.45. The van der Waals surface area contributed by atoms with Crippen molar-refractivity contribution in [3.8, 4) is 0 Å². The molecule has 0 spiro atoms. The number of hydrogen-bond acceptors (Lipinski definition) is 6. The Morgan fingerprint density at radius 3 is 2.81 bits per heavy atom. The van der Waals surface area contributed by atoms with Gasteiger partial charge in [0.1, 0.15) is 5.69 Å². The van der Waals surface area contributed by atoms with Crippen LogP contribution in [-0.4, -0.2) is 32.3 Å². The molecule has 0 atom stereocenters. The number of hydrogen-bond donors (Lipinski definition) is 3. The van der Waals surface area contributed by atoms with Crippen LogP contribution in [0.2, 0.25) is 0 Å². The SMILES string of the molecule is O=C(CCc1n[nH]c(=O)[nH]c1=O)N/N=C\c1ccncc1. The van der Waals surface area contributed by atoms with Gasteiger partial charge in [0, 0.05) is 25.2 Å². The van der Waals surface area contributed by atoms with E-state index in [1.165, 1.54) is 6.21 Å². The lowest BCUT2D eigenvalue weighted by molar-refractivity contribution is -0.121. The molecule has 0 aliphatic rings. The standard InChI is InChI=1S/C12H12N6O3/c19-10(17-14-7-8-3-5-13-6-4-8)2-1-9-11(20)15-12(21)18-16-9/h3-7H,1-2H2,(H,17,19)(H2,15,18,20,21)/b14-7-. The predicted molar refractivity (Wildman–Crippen MR) is 73.8 cm³/mol. The third kappa shape index (κ3) is 4.49. The van der Waals surface area contributed by atoms with Gasteiger partial charge >= 0.3 is 5.69 Å². The van der Waals surface area contributed by atoms with Crippen molar-refractivity contribution < 1.29 is 4.79 Å². The Morgan fingerprint density at radius 1 is 1.33 bits per heavy atom. The minimum Gasteiger partial charge on any atom is -0.273 e. The highest BCUT2D eigenvalue weighted by Gasteiger charge is 2.06. The second-order valence-electron chi connectivity index (χ2n) is 4.03. The molecule has 9 nitrogen and oxygen atoms in total. The number of pyridine rings is 1. The highest BCUT2D eigenvalue weighted by atomic mass is 16.2. The van der Waals surface area contributed by atoms with Crippen LogP contribution in [0.15, 0.2) is 39.2 Å². The van der Waals surface area contributed by atoms with E-state index in [-0.39, 0.29) is 24.4 Å². The molecule has 0 bridgehead atoms. The molecular formula is C12H12N6O3. The van der Waals surface area contributed by atoms with Gasteiger partial charge in [0.25, 0.3) is 5.56 Å². The molecule has 108 valence electrons. The molecule has 0 radical (unpaired) electrons. The fraction of sp³-hybridized carbons (Fsp3) is 0.167. The average molecular weight is 288 g/mol. The number of aromatic amines is 2. The summed E-state index contributed by atoms with van der Waals surface area (Å²) in [6.07, 6.45) is 4.82. The second kappa shape index (κ2) is 6.89. The quantitative estimate of drug-likeness (QED) is 0.476. The van der Waals surface area contributed by atoms with E-state index in [2.05, 4.69) is 25.7 Å². The van der Waals surface area contributed by atoms with Crippen LogP contribution < -0.4 is 16.7 Å². The molecule has 0 unspecified atom stereocenters. The van der Waals surface area contributed by atoms with Gasteiger partial charge in [0.05, 0.1) is 6.21 Å². The summed E-state index contributed by atoms with van der Waals surface area (Å²) in [5.74, 6) is -0.368. The molecule has 3 N–H and O–H groups in total. The molecule has 1 amide bonds. The van der Waals surface area contributed by atoms with Gasteiger partial charge in [0.2, 0.25) is 5.91 Å². The molecule has 0 saturated heterocycles. The van der Waals surface area contributed by atoms with E-state index in [9.17, 15) is 14.4 Å². The first-order valence-electron chi connectivity index (χ1n) is 6.05. The number of aryl methyl sites for hydroxylation is 1. The first kappa shape index (κ1) is 14.3. The number of aromatic nitrogens is 4. The summed E-state index contributed by atoms with van der Waals surface area (Å²) >= 11 is 0. The molecule has 2 aromatic rings. The number of nitrogens with one attached hydrogen (secondary N) is 3. The van der Waals surface area contributed by atoms with Crippen molar-refractivity contribution in [1.82, 2.24) is 25.6 Å². The molecular weight excluding hydrogens is 276 g/mol. The third-order valence-electron chi connectivity index (χ3n) is 2.48. The first-order valence-corrected chi connectivity index (χ1v) is 6.05. The smallest absolute Gasteiger partial charge is 0.273 e. The number of amides is 1. The number of hydrazone groups is 1. The number of nitrogens with zero attached hydrogens (tertiary/aromatic N) is 3. The lowest BCUT2D eigenvalue weighted by Crippen LogP contribution is -2.28. The summed E-state index contributed by atoms with van der Waals surface area (Å²) in [5.41, 5.74) is 1.92. The van der Waals surface area contributed by atoms with Gasteiger partial charge in [-0.1, -0.05) is 0 Å². The van der Waals surface area contributed by atoms with Crippen molar-refractivity contribution in [3.63, 3.8) is 0 Å². The maximum absolute atomic E-state index is 11.5. The second-order valence-corrected chi connectivity index (χ2v) is 4.03. The van der Waals surface area contributed by atoms with Gasteiger partial charge in [-0.05, 0) is 17.7 Å². The topological polar surface area (TPSA) is 133 Å². The first-order chi connectivity index (χ1) is 10.1. The Morgan fingerprint density at radius 2 is 2.10 bits per heavy atom. The third-order valence-corrected chi connectivity index (χ3v) is 2.48. The molecule has 0 fully saturated rings. The van der Waals surface area contributed by atoms with E-state index >= 15 is 0 Å². The monoisotopic (exact) mass is 288 g/mol. The fourth-order valence-electron chi connectivity index (χ4n) is 1.46. The van der Waals surface area contributed by atoms with Crippen LogP contribution in [0.5, 0.6) is 0 Å². The van der Waals surface area contributed by atoms with Crippen LogP contribution in [0, 0.1) is 0 Å². The Balaban J connectivity index is 1.84. The normalized spacial score (nSPS) is 10.7. The van der Waals surface area contributed by atoms with Crippen LogP contribution in [-0.2, 0) is 11.2 Å². The van der Waals surface area contributed by atoms with E-state index < -0.39 is 11.2 Å². The molecule has 9 heteroatoms. The summed E-state index contributed by atoms with van der Waals surface area (Å²) in [6.45, 7) is 0. The Labute approximate surface area is 118 Å². The van der Waals surface area contributed by atoms with E-state index in [1.807, 2.05) is 4.98 Å². The van der Waals surface area contributed by atoms with Crippen molar-refractivity contribution in [1.29, 1.82) is 0 Å². The lowest BCUT2D eigenvalue weighted by Gasteiger charge is -1.99. The molecule has 2 rings (SSSR count). The molecule has 2 aromatic heterocycles. The van der Waals surface area contributed by atoms with Gasteiger partial charge in [-0.3, -0.25) is 19.6 Å². The zero-order valence-corrected chi connectivity index (χ0v) is 10.9. The maximum atomic E-state index is 11.5. The van der Waals surface area contributed by atoms with Gasteiger partial charge in [0.15, 0.2) is 0 Å². The molecule has 0 aromatic carbocycles. The van der Waals surface area contributed by atoms with Crippen LogP contribution in [0.3, 0.4) is 0 Å². The zero-order chi connectivity index (χ0) is 15.1. The molecule has 0 aliphatic heterocycles. The van der Waals surface area contributed by atoms with Crippen molar-refractivity contribution in [3.05, 3.63) is 56.6 Å². The highest BCUT2D eigenvalue weighted by Crippen LogP contribution is 1.92. The van der Waals surface area contributed by atoms with Gasteiger partial charge < -0.3 is 0 Å². The van der Waals surface area contributed by atoms with Gasteiger partial charge in [-0.15, -0.1) is 0 Å². The van der Waals surface area contributed by atoms with Crippen molar-refractivity contribution in [2.45, 2.75) is 12.8 Å². The van der Waals surface area contributed by atoms with E-state index in [4.69, 9.17) is 0 Å². The molecule has 21 heavy (non-hydrogen) atoms. The predicted octanol–water partition coefficient (Wildman–Crippen LogP) is -1.06. The number of H-pyrrole nitrogens is 2. The largest absolute Gasteiger partial charge is 0.342 e. The highest BCUT2D eigenvalue weighted by molar-refractivity contribution is 5.82. The van der Waals surface area contributed by atoms with E-state index in [0.29, 0.717) is 0 Å². The average Bonchev–Trinajstić information content (AvgIpc) is 2.47. The summed E-state index contributed by atoms with van der Waals surface area (Å²) in [4.78, 5) is 39.5. The fourth-order valence-corrected chi connectivity index (χ4v) is 1.46. The zero-order valence-electron chi connectivity index (χ0n) is 10.9. The summed E-state index contributed by atoms with van der Waals surface area (Å²) in [7, 11) is 0. The Kier molecular flexibility index (Phi) is 4.70. The maximum Gasteiger partial charge on any atom is 0.342 e. The van der Waals surface area contributed by atoms with E-state index in [1.54, 1.807) is 24.5 Å². The van der Waals surface area contributed by atoms with Crippen LogP contribution in [0.4, 0.5) is 0 Å². The number of carbonyl (C=O) groups is 1. The van der Waals surface area contributed by atoms with Gasteiger partial charge in [-0.2, -0.15) is 10.2 Å².